The Morgan fingerprint density at radius 3 is 2.68 bits per heavy atom. The summed E-state index contributed by atoms with van der Waals surface area (Å²) in [6, 6.07) is 10.9. The van der Waals surface area contributed by atoms with E-state index in [4.69, 9.17) is 5.10 Å². The number of carbonyl (C=O) groups is 1. The third-order valence-corrected chi connectivity index (χ3v) is 6.23. The Morgan fingerprint density at radius 1 is 1.21 bits per heavy atom. The first kappa shape index (κ1) is 19.2. The summed E-state index contributed by atoms with van der Waals surface area (Å²) >= 11 is 0. The highest BCUT2D eigenvalue weighted by molar-refractivity contribution is 5.93. The molecular weight excluding hydrogens is 352 g/mol. The Hall–Kier alpha value is -2.18. The van der Waals surface area contributed by atoms with Gasteiger partial charge in [-0.1, -0.05) is 30.3 Å². The standard InChI is InChI=1S/C22H30N4O2/c1-23-22(28)21-19-15-17(25-12-10-18(27)11-13-25)7-8-20(19)26(24-21)14-9-16-5-3-2-4-6-16/h2-6,17-18,27H,7-15H2,1H3,(H,23,28)/t17-/m1/s1. The fourth-order valence-electron chi connectivity index (χ4n) is 4.60. The normalized spacial score (nSPS) is 20.7. The van der Waals surface area contributed by atoms with Crippen molar-refractivity contribution in [2.75, 3.05) is 20.1 Å². The second kappa shape index (κ2) is 8.45. The third kappa shape index (κ3) is 3.98. The number of likely N-dealkylation sites (tertiary alicyclic amines) is 1. The zero-order chi connectivity index (χ0) is 19.5. The van der Waals surface area contributed by atoms with E-state index in [2.05, 4.69) is 39.2 Å². The molecule has 1 aromatic heterocycles. The highest BCUT2D eigenvalue weighted by Crippen LogP contribution is 2.29. The molecule has 0 unspecified atom stereocenters. The molecular formula is C22H30N4O2. The van der Waals surface area contributed by atoms with E-state index < -0.39 is 0 Å². The number of amides is 1. The van der Waals surface area contributed by atoms with Gasteiger partial charge in [0.2, 0.25) is 0 Å². The van der Waals surface area contributed by atoms with Crippen molar-refractivity contribution in [3.05, 3.63) is 52.8 Å². The van der Waals surface area contributed by atoms with Gasteiger partial charge < -0.3 is 10.4 Å². The maximum absolute atomic E-state index is 12.5. The number of aryl methyl sites for hydroxylation is 2. The molecule has 0 saturated carbocycles. The van der Waals surface area contributed by atoms with Gasteiger partial charge in [-0.2, -0.15) is 5.10 Å². The largest absolute Gasteiger partial charge is 0.393 e. The molecule has 1 fully saturated rings. The molecule has 2 aromatic rings. The molecule has 1 saturated heterocycles. The lowest BCUT2D eigenvalue weighted by Gasteiger charge is -2.38. The number of aliphatic hydroxyl groups excluding tert-OH is 1. The first-order valence-electron chi connectivity index (χ1n) is 10.4. The molecule has 1 aromatic carbocycles. The first-order chi connectivity index (χ1) is 13.7. The van der Waals surface area contributed by atoms with Crippen molar-refractivity contribution in [3.8, 4) is 0 Å². The van der Waals surface area contributed by atoms with Crippen molar-refractivity contribution >= 4 is 5.91 Å². The van der Waals surface area contributed by atoms with Crippen molar-refractivity contribution in [2.24, 2.45) is 0 Å². The van der Waals surface area contributed by atoms with Crippen molar-refractivity contribution in [2.45, 2.75) is 57.2 Å². The summed E-state index contributed by atoms with van der Waals surface area (Å²) in [6.07, 6.45) is 5.38. The number of rotatable bonds is 5. The van der Waals surface area contributed by atoms with Crippen molar-refractivity contribution in [1.82, 2.24) is 20.0 Å². The Morgan fingerprint density at radius 2 is 1.96 bits per heavy atom. The average molecular weight is 383 g/mol. The predicted octanol–water partition coefficient (Wildman–Crippen LogP) is 1.80. The molecule has 1 aliphatic heterocycles. The van der Waals surface area contributed by atoms with Crippen LogP contribution in [0.4, 0.5) is 0 Å². The second-order valence-corrected chi connectivity index (χ2v) is 7.98. The van der Waals surface area contributed by atoms with Gasteiger partial charge in [0.25, 0.3) is 5.91 Å². The molecule has 6 heteroatoms. The number of nitrogens with zero attached hydrogens (tertiary/aromatic N) is 3. The van der Waals surface area contributed by atoms with Gasteiger partial charge in [0.1, 0.15) is 0 Å². The number of nitrogens with one attached hydrogen (secondary N) is 1. The van der Waals surface area contributed by atoms with Gasteiger partial charge in [-0.25, -0.2) is 0 Å². The lowest BCUT2D eigenvalue weighted by molar-refractivity contribution is 0.0568. The highest BCUT2D eigenvalue weighted by atomic mass is 16.3. The van der Waals surface area contributed by atoms with Crippen molar-refractivity contribution in [3.63, 3.8) is 0 Å². The zero-order valence-electron chi connectivity index (χ0n) is 16.6. The quantitative estimate of drug-likeness (QED) is 0.827. The smallest absolute Gasteiger partial charge is 0.271 e. The van der Waals surface area contributed by atoms with E-state index in [-0.39, 0.29) is 12.0 Å². The summed E-state index contributed by atoms with van der Waals surface area (Å²) in [7, 11) is 1.67. The van der Waals surface area contributed by atoms with E-state index in [0.29, 0.717) is 11.7 Å². The van der Waals surface area contributed by atoms with Gasteiger partial charge in [0.05, 0.1) is 6.10 Å². The Bertz CT molecular complexity index is 809. The topological polar surface area (TPSA) is 70.4 Å². The fraction of sp³-hybridized carbons (Fsp3) is 0.545. The lowest BCUT2D eigenvalue weighted by atomic mass is 9.89. The van der Waals surface area contributed by atoms with Gasteiger partial charge in [-0.05, 0) is 44.1 Å². The predicted molar refractivity (Wildman–Crippen MR) is 108 cm³/mol. The van der Waals surface area contributed by atoms with Crippen LogP contribution in [0.1, 0.15) is 46.6 Å². The average Bonchev–Trinajstić information content (AvgIpc) is 3.11. The van der Waals surface area contributed by atoms with E-state index in [1.165, 1.54) is 11.3 Å². The number of piperidine rings is 1. The van der Waals surface area contributed by atoms with Crippen LogP contribution in [0.3, 0.4) is 0 Å². The number of hydrogen-bond acceptors (Lipinski definition) is 4. The van der Waals surface area contributed by atoms with Crippen LogP contribution >= 0.6 is 0 Å². The van der Waals surface area contributed by atoms with E-state index in [0.717, 1.165) is 63.7 Å². The molecule has 1 amide bonds. The van der Waals surface area contributed by atoms with Crippen molar-refractivity contribution in [1.29, 1.82) is 0 Å². The molecule has 150 valence electrons. The minimum atomic E-state index is -0.155. The van der Waals surface area contributed by atoms with Crippen LogP contribution in [0.2, 0.25) is 0 Å². The van der Waals surface area contributed by atoms with Crippen molar-refractivity contribution < 1.29 is 9.90 Å². The third-order valence-electron chi connectivity index (χ3n) is 6.23. The number of hydrogen-bond donors (Lipinski definition) is 2. The first-order valence-corrected chi connectivity index (χ1v) is 10.4. The summed E-state index contributed by atoms with van der Waals surface area (Å²) in [5.74, 6) is -0.0931. The van der Waals surface area contributed by atoms with Gasteiger partial charge >= 0.3 is 0 Å². The molecule has 4 rings (SSSR count). The highest BCUT2D eigenvalue weighted by Gasteiger charge is 2.32. The monoisotopic (exact) mass is 382 g/mol. The van der Waals surface area contributed by atoms with Crippen LogP contribution in [0, 0.1) is 0 Å². The Kier molecular flexibility index (Phi) is 5.78. The van der Waals surface area contributed by atoms with Crippen LogP contribution in [-0.4, -0.2) is 58.0 Å². The summed E-state index contributed by atoms with van der Waals surface area (Å²) in [5.41, 5.74) is 4.22. The van der Waals surface area contributed by atoms with Crippen LogP contribution in [0.5, 0.6) is 0 Å². The summed E-state index contributed by atoms with van der Waals surface area (Å²) in [4.78, 5) is 15.0. The van der Waals surface area contributed by atoms with Gasteiger partial charge in [0, 0.05) is 44.0 Å². The van der Waals surface area contributed by atoms with E-state index in [1.54, 1.807) is 7.05 Å². The zero-order valence-corrected chi connectivity index (χ0v) is 16.6. The molecule has 2 aliphatic rings. The summed E-state index contributed by atoms with van der Waals surface area (Å²) in [6.45, 7) is 2.68. The van der Waals surface area contributed by atoms with Crippen LogP contribution in [-0.2, 0) is 25.8 Å². The minimum Gasteiger partial charge on any atom is -0.393 e. The summed E-state index contributed by atoms with van der Waals surface area (Å²) < 4.78 is 2.06. The SMILES string of the molecule is CNC(=O)c1nn(CCc2ccccc2)c2c1C[C@H](N1CCC(O)CC1)CC2. The molecule has 1 aliphatic carbocycles. The van der Waals surface area contributed by atoms with Crippen LogP contribution < -0.4 is 5.32 Å². The maximum atomic E-state index is 12.5. The maximum Gasteiger partial charge on any atom is 0.271 e. The molecule has 6 nitrogen and oxygen atoms in total. The van der Waals surface area contributed by atoms with E-state index in [9.17, 15) is 9.90 Å². The number of benzene rings is 1. The van der Waals surface area contributed by atoms with Crippen LogP contribution in [0.15, 0.2) is 30.3 Å². The molecule has 2 heterocycles. The molecule has 1 atom stereocenters. The van der Waals surface area contributed by atoms with E-state index >= 15 is 0 Å². The number of aromatic nitrogens is 2. The molecule has 0 bridgehead atoms. The molecule has 2 N–H and O–H groups in total. The molecule has 0 spiro atoms. The fourth-order valence-corrected chi connectivity index (χ4v) is 4.60. The number of carbonyl (C=O) groups excluding carboxylic acids is 1. The van der Waals surface area contributed by atoms with Crippen LogP contribution in [0.25, 0.3) is 0 Å². The number of fused-ring (bicyclic) bond motifs is 1. The molecule has 0 radical (unpaired) electrons. The Balaban J connectivity index is 1.54. The van der Waals surface area contributed by atoms with E-state index in [1.807, 2.05) is 6.07 Å². The molecule has 28 heavy (non-hydrogen) atoms. The van der Waals surface area contributed by atoms with Gasteiger partial charge in [-0.15, -0.1) is 0 Å². The van der Waals surface area contributed by atoms with Gasteiger partial charge in [0.15, 0.2) is 5.69 Å². The summed E-state index contributed by atoms with van der Waals surface area (Å²) in [5, 5.41) is 17.3. The minimum absolute atomic E-state index is 0.0931. The second-order valence-electron chi connectivity index (χ2n) is 7.98. The number of aliphatic hydroxyl groups is 1. The lowest BCUT2D eigenvalue weighted by Crippen LogP contribution is -2.45. The van der Waals surface area contributed by atoms with Gasteiger partial charge in [-0.3, -0.25) is 14.4 Å². The Labute approximate surface area is 166 Å².